The molecule has 3 aliphatic carbocycles. The van der Waals surface area contributed by atoms with Crippen molar-refractivity contribution < 1.29 is 53.1 Å². The van der Waals surface area contributed by atoms with Crippen molar-refractivity contribution >= 4 is 26.2 Å². The quantitative estimate of drug-likeness (QED) is 0.144. The lowest BCUT2D eigenvalue weighted by molar-refractivity contribution is -0.363. The van der Waals surface area contributed by atoms with E-state index in [1.54, 1.807) is 58.0 Å². The minimum atomic E-state index is -2.41. The van der Waals surface area contributed by atoms with Gasteiger partial charge in [-0.3, -0.25) is 9.59 Å². The summed E-state index contributed by atoms with van der Waals surface area (Å²) in [6.45, 7) is 15.7. The van der Waals surface area contributed by atoms with E-state index in [-0.39, 0.29) is 30.6 Å². The van der Waals surface area contributed by atoms with Gasteiger partial charge in [-0.1, -0.05) is 59.7 Å². The highest BCUT2D eigenvalue weighted by Crippen LogP contribution is 2.65. The molecule has 1 aliphatic heterocycles. The maximum atomic E-state index is 14.1. The van der Waals surface area contributed by atoms with Crippen molar-refractivity contribution in [2.24, 2.45) is 16.7 Å². The second-order valence-electron chi connectivity index (χ2n) is 15.3. The van der Waals surface area contributed by atoms with Crippen LogP contribution in [0.4, 0.5) is 0 Å². The third-order valence-corrected chi connectivity index (χ3v) is 17.4. The molecule has 0 aromatic heterocycles. The molecule has 0 spiro atoms. The Morgan fingerprint density at radius 1 is 0.959 bits per heavy atom. The van der Waals surface area contributed by atoms with Crippen LogP contribution in [0, 0.1) is 16.7 Å². The fraction of sp³-hybridized carbons (Fsp3) is 0.703. The number of ether oxygens (including phenoxy) is 4. The van der Waals surface area contributed by atoms with Crippen molar-refractivity contribution in [1.29, 1.82) is 0 Å². The third kappa shape index (κ3) is 5.70. The first-order valence-electron chi connectivity index (χ1n) is 17.6. The highest BCUT2D eigenvalue weighted by Gasteiger charge is 2.78. The van der Waals surface area contributed by atoms with Gasteiger partial charge in [0.25, 0.3) is 0 Å². The van der Waals surface area contributed by atoms with Gasteiger partial charge in [0.2, 0.25) is 0 Å². The lowest BCUT2D eigenvalue weighted by atomic mass is 9.44. The van der Waals surface area contributed by atoms with E-state index in [0.29, 0.717) is 5.57 Å². The number of aliphatic hydroxyl groups is 3. The molecular formula is C37H54O11Si. The first-order valence-corrected chi connectivity index (χ1v) is 20.1. The van der Waals surface area contributed by atoms with Gasteiger partial charge in [0.1, 0.15) is 30.0 Å². The molecule has 12 heteroatoms. The van der Waals surface area contributed by atoms with Crippen LogP contribution < -0.4 is 0 Å². The summed E-state index contributed by atoms with van der Waals surface area (Å²) >= 11 is 0. The summed E-state index contributed by atoms with van der Waals surface area (Å²) in [7, 11) is -2.41. The van der Waals surface area contributed by atoms with Gasteiger partial charge in [-0.15, -0.1) is 0 Å². The van der Waals surface area contributed by atoms with Gasteiger partial charge in [-0.2, -0.15) is 0 Å². The highest BCUT2D eigenvalue weighted by molar-refractivity contribution is 6.73. The number of esters is 3. The molecule has 10 atom stereocenters. The van der Waals surface area contributed by atoms with E-state index >= 15 is 0 Å². The minimum absolute atomic E-state index is 0.0874. The molecule has 5 rings (SSSR count). The van der Waals surface area contributed by atoms with Crippen molar-refractivity contribution in [3.8, 4) is 0 Å². The Morgan fingerprint density at radius 2 is 1.57 bits per heavy atom. The predicted molar refractivity (Wildman–Crippen MR) is 182 cm³/mol. The lowest BCUT2D eigenvalue weighted by Crippen LogP contribution is -2.82. The summed E-state index contributed by atoms with van der Waals surface area (Å²) in [5, 5.41) is 38.5. The van der Waals surface area contributed by atoms with E-state index in [0.717, 1.165) is 18.1 Å². The van der Waals surface area contributed by atoms with Gasteiger partial charge in [-0.25, -0.2) is 4.79 Å². The number of rotatable bonds is 9. The van der Waals surface area contributed by atoms with Gasteiger partial charge in [0.05, 0.1) is 30.3 Å². The molecule has 1 aromatic rings. The smallest absolute Gasteiger partial charge is 0.338 e. The molecule has 0 radical (unpaired) electrons. The molecule has 272 valence electrons. The summed E-state index contributed by atoms with van der Waals surface area (Å²) in [6.07, 6.45) is -7.00. The standard InChI is InChI=1S/C37H54O11Si/c1-10-49(11-2,12-3)48-26-18-27-36(20-44-27,47-23(6)39)30-32(46-33(42)24-16-14-13-15-17-24)37(43)19-25(45-22(5)38)21(4)28(34(37,7)8)29(40)31(41)35(26,30)9/h13-17,25-27,29-32,40-41,43H,10-12,18-20H2,1-9H3/t25?,26?,27?,29?,30?,31?,32?,35-,36+,37?/m1/s1. The number of carbonyl (C=O) groups excluding carboxylic acids is 3. The van der Waals surface area contributed by atoms with E-state index in [4.69, 9.17) is 23.4 Å². The summed E-state index contributed by atoms with van der Waals surface area (Å²) < 4.78 is 31.8. The zero-order chi connectivity index (χ0) is 36.3. The summed E-state index contributed by atoms with van der Waals surface area (Å²) in [4.78, 5) is 39.5. The molecule has 4 aliphatic rings. The van der Waals surface area contributed by atoms with Crippen molar-refractivity contribution in [2.75, 3.05) is 6.61 Å². The van der Waals surface area contributed by atoms with Crippen LogP contribution in [0.1, 0.15) is 85.5 Å². The Kier molecular flexibility index (Phi) is 10.1. The minimum Gasteiger partial charge on any atom is -0.458 e. The lowest BCUT2D eigenvalue weighted by Gasteiger charge is -2.69. The van der Waals surface area contributed by atoms with E-state index in [1.165, 1.54) is 13.8 Å². The van der Waals surface area contributed by atoms with Crippen LogP contribution >= 0.6 is 0 Å². The third-order valence-electron chi connectivity index (χ3n) is 12.7. The zero-order valence-electron chi connectivity index (χ0n) is 30.3. The van der Waals surface area contributed by atoms with E-state index in [1.807, 2.05) is 0 Å². The molecule has 11 nitrogen and oxygen atoms in total. The predicted octanol–water partition coefficient (Wildman–Crippen LogP) is 4.47. The Hall–Kier alpha value is -2.61. The highest BCUT2D eigenvalue weighted by atomic mass is 28.4. The van der Waals surface area contributed by atoms with Gasteiger partial charge in [-0.05, 0) is 48.3 Å². The molecule has 3 N–H and O–H groups in total. The molecule has 1 saturated heterocycles. The van der Waals surface area contributed by atoms with E-state index in [9.17, 15) is 29.7 Å². The largest absolute Gasteiger partial charge is 0.458 e. The second kappa shape index (κ2) is 13.2. The molecule has 0 amide bonds. The average Bonchev–Trinajstić information content (AvgIpc) is 3.04. The van der Waals surface area contributed by atoms with Crippen molar-refractivity contribution in [3.63, 3.8) is 0 Å². The molecule has 8 unspecified atom stereocenters. The van der Waals surface area contributed by atoms with Crippen LogP contribution in [0.5, 0.6) is 0 Å². The van der Waals surface area contributed by atoms with Crippen LogP contribution in [0.15, 0.2) is 41.5 Å². The number of hydrogen-bond acceptors (Lipinski definition) is 11. The van der Waals surface area contributed by atoms with Crippen LogP contribution in [0.3, 0.4) is 0 Å². The topological polar surface area (TPSA) is 158 Å². The summed E-state index contributed by atoms with van der Waals surface area (Å²) in [6, 6.07) is 10.8. The number of benzene rings is 1. The molecule has 1 heterocycles. The van der Waals surface area contributed by atoms with Crippen molar-refractivity contribution in [3.05, 3.63) is 47.0 Å². The Morgan fingerprint density at radius 3 is 2.08 bits per heavy atom. The normalized spacial score (nSPS) is 38.2. The van der Waals surface area contributed by atoms with Gasteiger partial charge in [0, 0.05) is 37.5 Å². The molecular weight excluding hydrogens is 648 g/mol. The second-order valence-corrected chi connectivity index (χ2v) is 20.0. The van der Waals surface area contributed by atoms with Crippen molar-refractivity contribution in [1.82, 2.24) is 0 Å². The average molecular weight is 703 g/mol. The zero-order valence-corrected chi connectivity index (χ0v) is 31.3. The molecule has 49 heavy (non-hydrogen) atoms. The first kappa shape index (κ1) is 37.6. The fourth-order valence-corrected chi connectivity index (χ4v) is 12.6. The molecule has 2 bridgehead atoms. The van der Waals surface area contributed by atoms with Gasteiger partial charge >= 0.3 is 17.9 Å². The Labute approximate surface area is 290 Å². The number of hydrogen-bond donors (Lipinski definition) is 3. The van der Waals surface area contributed by atoms with Crippen LogP contribution in [0.25, 0.3) is 0 Å². The maximum Gasteiger partial charge on any atom is 0.338 e. The molecule has 3 fully saturated rings. The number of carbonyl (C=O) groups is 3. The molecule has 1 aromatic carbocycles. The summed E-state index contributed by atoms with van der Waals surface area (Å²) in [5.74, 6) is -3.08. The Balaban J connectivity index is 1.85. The number of aliphatic hydroxyl groups excluding tert-OH is 2. The summed E-state index contributed by atoms with van der Waals surface area (Å²) in [5.41, 5.74) is -5.28. The van der Waals surface area contributed by atoms with Crippen molar-refractivity contribution in [2.45, 2.75) is 141 Å². The van der Waals surface area contributed by atoms with Gasteiger partial charge in [0.15, 0.2) is 13.9 Å². The van der Waals surface area contributed by atoms with Crippen LogP contribution in [0.2, 0.25) is 18.1 Å². The monoisotopic (exact) mass is 702 g/mol. The van der Waals surface area contributed by atoms with E-state index in [2.05, 4.69) is 20.8 Å². The maximum absolute atomic E-state index is 14.1. The molecule has 2 saturated carbocycles. The van der Waals surface area contributed by atoms with E-state index < -0.39 is 90.8 Å². The first-order chi connectivity index (χ1) is 22.9. The van der Waals surface area contributed by atoms with Gasteiger partial charge < -0.3 is 38.7 Å². The fourth-order valence-electron chi connectivity index (χ4n) is 9.65. The SMILES string of the molecule is CC[Si](CC)(CC)OC1CC2OC[C@@]2(OC(C)=O)C2C(OC(=O)c3ccccc3)C3(O)CC(OC(C)=O)C(C)=C(C(O)C(O)[C@]12C)C3(C)C. The number of fused-ring (bicyclic) bond motifs is 5. The van der Waals surface area contributed by atoms with Crippen LogP contribution in [-0.2, 0) is 33.0 Å². The Bertz CT molecular complexity index is 1470. The van der Waals surface area contributed by atoms with Crippen LogP contribution in [-0.4, -0.2) is 96.0 Å².